The van der Waals surface area contributed by atoms with Gasteiger partial charge in [-0.1, -0.05) is 11.8 Å². The lowest BCUT2D eigenvalue weighted by Gasteiger charge is -2.20. The van der Waals surface area contributed by atoms with Crippen LogP contribution in [0.3, 0.4) is 0 Å². The van der Waals surface area contributed by atoms with Crippen molar-refractivity contribution in [2.75, 3.05) is 14.1 Å². The summed E-state index contributed by atoms with van der Waals surface area (Å²) in [7, 11) is 3.95. The first kappa shape index (κ1) is 21.3. The van der Waals surface area contributed by atoms with Crippen molar-refractivity contribution in [3.63, 3.8) is 0 Å². The Balaban J connectivity index is 1.48. The summed E-state index contributed by atoms with van der Waals surface area (Å²) in [5.41, 5.74) is 1.90. The standard InChI is InChI=1S/C22H23FN6OS2/c1-12(28(2)3)19-26-27-22(29(19)14-9-7-13(23)8-10-14)31-11-17-24-20(30)18-15-5-4-6-16(15)32-21(18)25-17/h7-10,12H,4-6,11H2,1-3H3,(H,24,25,30). The highest BCUT2D eigenvalue weighted by atomic mass is 32.2. The van der Waals surface area contributed by atoms with Gasteiger partial charge in [-0.2, -0.15) is 0 Å². The highest BCUT2D eigenvalue weighted by Gasteiger charge is 2.23. The largest absolute Gasteiger partial charge is 0.309 e. The van der Waals surface area contributed by atoms with Crippen LogP contribution in [0.4, 0.5) is 4.39 Å². The minimum absolute atomic E-state index is 0.00434. The van der Waals surface area contributed by atoms with E-state index in [2.05, 4.69) is 15.2 Å². The van der Waals surface area contributed by atoms with E-state index in [1.165, 1.54) is 34.3 Å². The first-order chi connectivity index (χ1) is 15.4. The number of aromatic amines is 1. The second kappa shape index (κ2) is 8.42. The molecule has 0 saturated heterocycles. The summed E-state index contributed by atoms with van der Waals surface area (Å²) < 4.78 is 15.5. The lowest BCUT2D eigenvalue weighted by molar-refractivity contribution is 0.305. The smallest absolute Gasteiger partial charge is 0.259 e. The molecule has 166 valence electrons. The van der Waals surface area contributed by atoms with Crippen LogP contribution in [0, 0.1) is 5.82 Å². The van der Waals surface area contributed by atoms with E-state index in [0.717, 1.165) is 41.0 Å². The number of thioether (sulfide) groups is 1. The number of thiophene rings is 1. The fourth-order valence-electron chi connectivity index (χ4n) is 3.96. The Morgan fingerprint density at radius 1 is 1.25 bits per heavy atom. The lowest BCUT2D eigenvalue weighted by Crippen LogP contribution is -2.20. The second-order valence-electron chi connectivity index (χ2n) is 8.13. The number of rotatable bonds is 6. The van der Waals surface area contributed by atoms with Crippen LogP contribution in [0.25, 0.3) is 15.9 Å². The van der Waals surface area contributed by atoms with Gasteiger partial charge in [0.15, 0.2) is 11.0 Å². The summed E-state index contributed by atoms with van der Waals surface area (Å²) in [6, 6.07) is 6.29. The molecule has 1 atom stereocenters. The van der Waals surface area contributed by atoms with Crippen LogP contribution in [-0.2, 0) is 18.6 Å². The lowest BCUT2D eigenvalue weighted by atomic mass is 10.2. The van der Waals surface area contributed by atoms with Gasteiger partial charge < -0.3 is 4.98 Å². The predicted molar refractivity (Wildman–Crippen MR) is 125 cm³/mol. The number of halogens is 1. The van der Waals surface area contributed by atoms with Gasteiger partial charge in [0.25, 0.3) is 5.56 Å². The monoisotopic (exact) mass is 470 g/mol. The van der Waals surface area contributed by atoms with Crippen molar-refractivity contribution >= 4 is 33.3 Å². The zero-order valence-electron chi connectivity index (χ0n) is 18.1. The number of hydrogen-bond acceptors (Lipinski definition) is 7. The van der Waals surface area contributed by atoms with Crippen molar-refractivity contribution in [1.29, 1.82) is 0 Å². The third-order valence-corrected chi connectivity index (χ3v) is 7.98. The van der Waals surface area contributed by atoms with Gasteiger partial charge in [0.1, 0.15) is 16.5 Å². The van der Waals surface area contributed by atoms with E-state index in [1.807, 2.05) is 30.5 Å². The molecular weight excluding hydrogens is 447 g/mol. The zero-order valence-corrected chi connectivity index (χ0v) is 19.7. The summed E-state index contributed by atoms with van der Waals surface area (Å²) >= 11 is 3.08. The minimum Gasteiger partial charge on any atom is -0.309 e. The first-order valence-corrected chi connectivity index (χ1v) is 12.3. The molecule has 1 unspecified atom stereocenters. The molecule has 3 aromatic heterocycles. The van der Waals surface area contributed by atoms with Gasteiger partial charge in [-0.25, -0.2) is 9.37 Å². The Morgan fingerprint density at radius 2 is 2.03 bits per heavy atom. The SMILES string of the molecule is CC(c1nnc(SCc2nc3sc4c(c3c(=O)[nH]2)CCC4)n1-c1ccc(F)cc1)N(C)C. The van der Waals surface area contributed by atoms with Crippen LogP contribution in [0.15, 0.2) is 34.2 Å². The van der Waals surface area contributed by atoms with E-state index in [9.17, 15) is 9.18 Å². The third-order valence-electron chi connectivity index (χ3n) is 5.85. The number of hydrogen-bond donors (Lipinski definition) is 1. The Labute approximate surface area is 192 Å². The second-order valence-corrected chi connectivity index (χ2v) is 10.2. The maximum atomic E-state index is 13.5. The van der Waals surface area contributed by atoms with Crippen molar-refractivity contribution in [2.24, 2.45) is 0 Å². The molecule has 0 saturated carbocycles. The van der Waals surface area contributed by atoms with E-state index in [1.54, 1.807) is 23.5 Å². The minimum atomic E-state index is -0.295. The van der Waals surface area contributed by atoms with Gasteiger partial charge in [0.2, 0.25) is 0 Å². The fraction of sp³-hybridized carbons (Fsp3) is 0.364. The van der Waals surface area contributed by atoms with Crippen LogP contribution < -0.4 is 5.56 Å². The van der Waals surface area contributed by atoms with E-state index >= 15 is 0 Å². The summed E-state index contributed by atoms with van der Waals surface area (Å²) in [6.07, 6.45) is 3.11. The molecular formula is C22H23FN6OS2. The van der Waals surface area contributed by atoms with Gasteiger partial charge >= 0.3 is 0 Å². The first-order valence-electron chi connectivity index (χ1n) is 10.5. The van der Waals surface area contributed by atoms with Crippen LogP contribution >= 0.6 is 23.1 Å². The number of aryl methyl sites for hydroxylation is 2. The number of benzene rings is 1. The Bertz CT molecular complexity index is 1340. The molecule has 0 fully saturated rings. The Hall–Kier alpha value is -2.56. The van der Waals surface area contributed by atoms with E-state index in [4.69, 9.17) is 4.98 Å². The van der Waals surface area contributed by atoms with Gasteiger partial charge in [0, 0.05) is 10.6 Å². The van der Waals surface area contributed by atoms with Crippen molar-refractivity contribution in [2.45, 2.75) is 43.1 Å². The molecule has 7 nitrogen and oxygen atoms in total. The molecule has 0 aliphatic heterocycles. The number of fused-ring (bicyclic) bond motifs is 3. The molecule has 10 heteroatoms. The number of aromatic nitrogens is 5. The molecule has 0 radical (unpaired) electrons. The summed E-state index contributed by atoms with van der Waals surface area (Å²) in [5, 5.41) is 10.2. The highest BCUT2D eigenvalue weighted by Crippen LogP contribution is 2.35. The number of nitrogens with one attached hydrogen (secondary N) is 1. The molecule has 32 heavy (non-hydrogen) atoms. The van der Waals surface area contributed by atoms with Gasteiger partial charge in [-0.3, -0.25) is 14.3 Å². The molecule has 1 aromatic carbocycles. The molecule has 0 bridgehead atoms. The van der Waals surface area contributed by atoms with Crippen molar-refractivity contribution in [3.05, 3.63) is 62.5 Å². The summed E-state index contributed by atoms with van der Waals surface area (Å²) in [5.74, 6) is 1.53. The van der Waals surface area contributed by atoms with Crippen LogP contribution in [0.5, 0.6) is 0 Å². The van der Waals surface area contributed by atoms with Crippen molar-refractivity contribution in [3.8, 4) is 5.69 Å². The molecule has 1 aliphatic carbocycles. The predicted octanol–water partition coefficient (Wildman–Crippen LogP) is 4.11. The Morgan fingerprint density at radius 3 is 2.78 bits per heavy atom. The molecule has 0 amide bonds. The maximum absolute atomic E-state index is 13.5. The molecule has 0 spiro atoms. The van der Waals surface area contributed by atoms with Crippen LogP contribution in [0.1, 0.15) is 41.5 Å². The quantitative estimate of drug-likeness (QED) is 0.427. The number of H-pyrrole nitrogens is 1. The van der Waals surface area contributed by atoms with Crippen molar-refractivity contribution < 1.29 is 4.39 Å². The third kappa shape index (κ3) is 3.76. The van der Waals surface area contributed by atoms with E-state index < -0.39 is 0 Å². The molecule has 3 heterocycles. The van der Waals surface area contributed by atoms with Crippen molar-refractivity contribution in [1.82, 2.24) is 29.6 Å². The molecule has 5 rings (SSSR count). The molecule has 1 N–H and O–H groups in total. The topological polar surface area (TPSA) is 79.7 Å². The zero-order chi connectivity index (χ0) is 22.4. The van der Waals surface area contributed by atoms with Crippen LogP contribution in [0.2, 0.25) is 0 Å². The van der Waals surface area contributed by atoms with Gasteiger partial charge in [0.05, 0.1) is 17.2 Å². The summed E-state index contributed by atoms with van der Waals surface area (Å²) in [4.78, 5) is 24.6. The maximum Gasteiger partial charge on any atom is 0.259 e. The number of nitrogens with zero attached hydrogens (tertiary/aromatic N) is 5. The van der Waals surface area contributed by atoms with Crippen LogP contribution in [-0.4, -0.2) is 43.7 Å². The average Bonchev–Trinajstić information content (AvgIpc) is 3.46. The van der Waals surface area contributed by atoms with E-state index in [-0.39, 0.29) is 17.4 Å². The molecule has 1 aliphatic rings. The normalized spacial score (nSPS) is 14.4. The molecule has 4 aromatic rings. The van der Waals surface area contributed by atoms with Gasteiger partial charge in [-0.05, 0) is 70.1 Å². The summed E-state index contributed by atoms with van der Waals surface area (Å²) in [6.45, 7) is 2.04. The van der Waals surface area contributed by atoms with E-state index in [0.29, 0.717) is 16.7 Å². The highest BCUT2D eigenvalue weighted by molar-refractivity contribution is 7.98. The average molecular weight is 471 g/mol. The van der Waals surface area contributed by atoms with Gasteiger partial charge in [-0.15, -0.1) is 21.5 Å². The fourth-order valence-corrected chi connectivity index (χ4v) is 6.07. The Kier molecular flexibility index (Phi) is 5.60.